The lowest BCUT2D eigenvalue weighted by Crippen LogP contribution is -2.31. The van der Waals surface area contributed by atoms with E-state index in [1.54, 1.807) is 36.4 Å². The van der Waals surface area contributed by atoms with Crippen molar-refractivity contribution in [3.05, 3.63) is 117 Å². The topological polar surface area (TPSA) is 44.1 Å². The largest absolute Gasteiger partial charge is 0.488 e. The summed E-state index contributed by atoms with van der Waals surface area (Å²) in [4.78, 5) is 17.3. The minimum absolute atomic E-state index is 0.0166. The average Bonchev–Trinajstić information content (AvgIpc) is 2.86. The molecule has 0 fully saturated rings. The van der Waals surface area contributed by atoms with Crippen LogP contribution >= 0.6 is 0 Å². The molecule has 0 aliphatic heterocycles. The fraction of sp³-hybridized carbons (Fsp3) is 0.214. The van der Waals surface area contributed by atoms with Crippen molar-refractivity contribution in [2.45, 2.75) is 39.1 Å². The first kappa shape index (κ1) is 25.2. The Morgan fingerprint density at radius 3 is 2.31 bits per heavy atom. The Hall–Kier alpha value is -3.94. The number of aromatic nitrogens is 2. The normalized spacial score (nSPS) is 11.5. The van der Waals surface area contributed by atoms with E-state index in [0.29, 0.717) is 11.3 Å². The van der Waals surface area contributed by atoms with Gasteiger partial charge in [-0.05, 0) is 48.2 Å². The van der Waals surface area contributed by atoms with Gasteiger partial charge in [-0.3, -0.25) is 9.36 Å². The summed E-state index contributed by atoms with van der Waals surface area (Å²) in [6, 6.07) is 21.7. The molecular weight excluding hydrogens is 472 g/mol. The highest BCUT2D eigenvalue weighted by Gasteiger charge is 2.38. The number of halogens is 4. The Bertz CT molecular complexity index is 1400. The molecule has 4 aromatic rings. The van der Waals surface area contributed by atoms with Crippen LogP contribution in [0.25, 0.3) is 11.4 Å². The van der Waals surface area contributed by atoms with Crippen LogP contribution in [0, 0.1) is 5.82 Å². The van der Waals surface area contributed by atoms with Gasteiger partial charge < -0.3 is 4.74 Å². The van der Waals surface area contributed by atoms with Gasteiger partial charge in [0.1, 0.15) is 24.0 Å². The molecule has 0 aliphatic rings. The fourth-order valence-corrected chi connectivity index (χ4v) is 4.01. The van der Waals surface area contributed by atoms with Gasteiger partial charge in [-0.1, -0.05) is 61.5 Å². The van der Waals surface area contributed by atoms with E-state index in [1.807, 2.05) is 30.3 Å². The molecule has 0 spiro atoms. The van der Waals surface area contributed by atoms with E-state index in [0.717, 1.165) is 5.56 Å². The summed E-state index contributed by atoms with van der Waals surface area (Å²) in [7, 11) is 0. The van der Waals surface area contributed by atoms with Gasteiger partial charge in [-0.2, -0.15) is 13.2 Å². The lowest BCUT2D eigenvalue weighted by atomic mass is 10.1. The Morgan fingerprint density at radius 2 is 1.61 bits per heavy atom. The quantitative estimate of drug-likeness (QED) is 0.263. The van der Waals surface area contributed by atoms with Crippen molar-refractivity contribution >= 4 is 0 Å². The first-order chi connectivity index (χ1) is 17.3. The van der Waals surface area contributed by atoms with Crippen LogP contribution in [-0.2, 0) is 32.2 Å². The van der Waals surface area contributed by atoms with Gasteiger partial charge in [0, 0.05) is 12.1 Å². The maximum absolute atomic E-state index is 13.9. The molecule has 0 aliphatic carbocycles. The smallest absolute Gasteiger partial charge is 0.433 e. The Morgan fingerprint density at radius 1 is 0.917 bits per heavy atom. The number of hydrogen-bond acceptors (Lipinski definition) is 3. The number of ether oxygens (including phenoxy) is 1. The molecule has 0 amide bonds. The zero-order chi connectivity index (χ0) is 25.7. The molecule has 4 rings (SSSR count). The number of para-hydroxylation sites is 1. The van der Waals surface area contributed by atoms with Crippen LogP contribution in [0.15, 0.2) is 83.7 Å². The van der Waals surface area contributed by atoms with E-state index in [2.05, 4.69) is 4.98 Å². The molecule has 0 atom stereocenters. The summed E-state index contributed by atoms with van der Waals surface area (Å²) in [6.07, 6.45) is -4.71. The fourth-order valence-electron chi connectivity index (χ4n) is 4.01. The zero-order valence-corrected chi connectivity index (χ0v) is 19.6. The number of aryl methyl sites for hydroxylation is 1. The molecule has 0 bridgehead atoms. The third-order valence-corrected chi connectivity index (χ3v) is 5.76. The van der Waals surface area contributed by atoms with Gasteiger partial charge in [-0.15, -0.1) is 0 Å². The number of alkyl halides is 3. The van der Waals surface area contributed by atoms with E-state index in [4.69, 9.17) is 4.74 Å². The summed E-state index contributed by atoms with van der Waals surface area (Å²) < 4.78 is 62.6. The molecule has 3 aromatic carbocycles. The third-order valence-electron chi connectivity index (χ3n) is 5.76. The number of benzene rings is 3. The van der Waals surface area contributed by atoms with E-state index in [1.165, 1.54) is 23.6 Å². The lowest BCUT2D eigenvalue weighted by molar-refractivity contribution is -0.142. The van der Waals surface area contributed by atoms with Crippen molar-refractivity contribution in [3.8, 4) is 17.1 Å². The van der Waals surface area contributed by atoms with Crippen molar-refractivity contribution in [2.75, 3.05) is 0 Å². The second-order valence-corrected chi connectivity index (χ2v) is 8.22. The molecule has 1 heterocycles. The van der Waals surface area contributed by atoms with Gasteiger partial charge in [0.05, 0.1) is 5.56 Å². The van der Waals surface area contributed by atoms with Gasteiger partial charge in [0.25, 0.3) is 5.56 Å². The Labute approximate surface area is 205 Å². The van der Waals surface area contributed by atoms with E-state index in [9.17, 15) is 22.4 Å². The van der Waals surface area contributed by atoms with Crippen LogP contribution in [-0.4, -0.2) is 9.55 Å². The SMILES string of the molecule is CCc1c(C(F)(F)F)nc(-c2ccccc2OCc2ccccc2)n(CCc2cccc(F)c2)c1=O. The molecule has 0 N–H and O–H groups in total. The molecule has 0 radical (unpaired) electrons. The highest BCUT2D eigenvalue weighted by atomic mass is 19.4. The molecule has 186 valence electrons. The van der Waals surface area contributed by atoms with Crippen molar-refractivity contribution in [1.82, 2.24) is 9.55 Å². The third kappa shape index (κ3) is 5.64. The number of rotatable bonds is 8. The van der Waals surface area contributed by atoms with Crippen molar-refractivity contribution in [3.63, 3.8) is 0 Å². The summed E-state index contributed by atoms with van der Waals surface area (Å²) in [5.74, 6) is -0.283. The molecular formula is C28H24F4N2O2. The van der Waals surface area contributed by atoms with Crippen LogP contribution < -0.4 is 10.3 Å². The van der Waals surface area contributed by atoms with Crippen LogP contribution in [0.3, 0.4) is 0 Å². The number of hydrogen-bond donors (Lipinski definition) is 0. The molecule has 0 unspecified atom stereocenters. The maximum atomic E-state index is 13.9. The average molecular weight is 497 g/mol. The van der Waals surface area contributed by atoms with Crippen molar-refractivity contribution < 1.29 is 22.3 Å². The Kier molecular flexibility index (Phi) is 7.52. The first-order valence-electron chi connectivity index (χ1n) is 11.5. The summed E-state index contributed by atoms with van der Waals surface area (Å²) in [6.45, 7) is 1.69. The molecule has 36 heavy (non-hydrogen) atoms. The predicted molar refractivity (Wildman–Crippen MR) is 129 cm³/mol. The second kappa shape index (κ2) is 10.8. The maximum Gasteiger partial charge on any atom is 0.433 e. The van der Waals surface area contributed by atoms with E-state index >= 15 is 0 Å². The van der Waals surface area contributed by atoms with E-state index in [-0.39, 0.29) is 37.4 Å². The highest BCUT2D eigenvalue weighted by Crippen LogP contribution is 2.34. The van der Waals surface area contributed by atoms with Crippen LogP contribution in [0.1, 0.15) is 29.3 Å². The first-order valence-corrected chi connectivity index (χ1v) is 11.5. The molecule has 4 nitrogen and oxygen atoms in total. The summed E-state index contributed by atoms with van der Waals surface area (Å²) >= 11 is 0. The van der Waals surface area contributed by atoms with Gasteiger partial charge in [0.2, 0.25) is 0 Å². The minimum Gasteiger partial charge on any atom is -0.488 e. The van der Waals surface area contributed by atoms with Crippen molar-refractivity contribution in [2.24, 2.45) is 0 Å². The lowest BCUT2D eigenvalue weighted by Gasteiger charge is -2.20. The predicted octanol–water partition coefficient (Wildman–Crippen LogP) is 6.45. The molecule has 8 heteroatoms. The van der Waals surface area contributed by atoms with Crippen LogP contribution in [0.5, 0.6) is 5.75 Å². The highest BCUT2D eigenvalue weighted by molar-refractivity contribution is 5.65. The van der Waals surface area contributed by atoms with Crippen LogP contribution in [0.4, 0.5) is 17.6 Å². The molecule has 0 saturated heterocycles. The second-order valence-electron chi connectivity index (χ2n) is 8.22. The summed E-state index contributed by atoms with van der Waals surface area (Å²) in [5, 5.41) is 0. The standard InChI is InChI=1S/C28H24F4N2O2/c1-2-22-25(28(30,31)32)33-26(34(27(22)35)16-15-19-11-8-12-21(29)17-19)23-13-6-7-14-24(23)36-18-20-9-4-3-5-10-20/h3-14,17H,2,15-16,18H2,1H3. The summed E-state index contributed by atoms with van der Waals surface area (Å²) in [5.41, 5.74) is -0.638. The number of nitrogens with zero attached hydrogens (tertiary/aromatic N) is 2. The molecule has 1 aromatic heterocycles. The zero-order valence-electron chi connectivity index (χ0n) is 19.6. The minimum atomic E-state index is -4.80. The van der Waals surface area contributed by atoms with Gasteiger partial charge in [0.15, 0.2) is 5.69 Å². The Balaban J connectivity index is 1.82. The van der Waals surface area contributed by atoms with Gasteiger partial charge in [-0.25, -0.2) is 9.37 Å². The molecule has 0 saturated carbocycles. The van der Waals surface area contributed by atoms with E-state index < -0.39 is 28.8 Å². The van der Waals surface area contributed by atoms with Crippen LogP contribution in [0.2, 0.25) is 0 Å². The monoisotopic (exact) mass is 496 g/mol. The van der Waals surface area contributed by atoms with Crippen molar-refractivity contribution in [1.29, 1.82) is 0 Å². The van der Waals surface area contributed by atoms with Gasteiger partial charge >= 0.3 is 6.18 Å².